The number of phenolic OH excluding ortho intramolecular Hbond substituents is 2. The molecule has 0 spiro atoms. The molecule has 1 rings (SSSR count). The van der Waals surface area contributed by atoms with Gasteiger partial charge in [0.2, 0.25) is 0 Å². The van der Waals surface area contributed by atoms with Crippen LogP contribution in [0.2, 0.25) is 0 Å². The summed E-state index contributed by atoms with van der Waals surface area (Å²) in [6, 6.07) is 3.11. The summed E-state index contributed by atoms with van der Waals surface area (Å²) in [7, 11) is 0. The fourth-order valence-corrected chi connectivity index (χ4v) is 3.16. The van der Waals surface area contributed by atoms with Gasteiger partial charge in [-0.15, -0.1) is 0 Å². The van der Waals surface area contributed by atoms with Crippen molar-refractivity contribution in [1.29, 1.82) is 0 Å². The minimum Gasteiger partial charge on any atom is -0.508 e. The molecular formula is C22H36O4. The van der Waals surface area contributed by atoms with Gasteiger partial charge in [0, 0.05) is 11.1 Å². The van der Waals surface area contributed by atoms with Crippen LogP contribution in [-0.2, 0) is 17.6 Å². The molecule has 0 saturated heterocycles. The molecule has 148 valence electrons. The monoisotopic (exact) mass is 364 g/mol. The summed E-state index contributed by atoms with van der Waals surface area (Å²) in [5.74, 6) is -0.303. The van der Waals surface area contributed by atoms with Gasteiger partial charge in [-0.25, -0.2) is 0 Å². The number of rotatable bonds is 10. The minimum atomic E-state index is -0.780. The molecule has 0 bridgehead atoms. The highest BCUT2D eigenvalue weighted by Gasteiger charge is 2.26. The fourth-order valence-electron chi connectivity index (χ4n) is 3.16. The highest BCUT2D eigenvalue weighted by atomic mass is 16.4. The second kappa shape index (κ2) is 9.29. The summed E-state index contributed by atoms with van der Waals surface area (Å²) in [5, 5.41) is 29.7. The summed E-state index contributed by atoms with van der Waals surface area (Å²) in [6.45, 7) is 10.2. The SMILES string of the molecule is CC(C)(C)CCCCc1c(O)ccc(O)c1CCCCC(C)(C)C(=O)O. The smallest absolute Gasteiger partial charge is 0.309 e. The molecule has 4 nitrogen and oxygen atoms in total. The largest absolute Gasteiger partial charge is 0.508 e. The van der Waals surface area contributed by atoms with Gasteiger partial charge in [0.1, 0.15) is 11.5 Å². The van der Waals surface area contributed by atoms with Crippen molar-refractivity contribution in [3.8, 4) is 11.5 Å². The molecule has 1 aromatic carbocycles. The number of hydrogen-bond acceptors (Lipinski definition) is 3. The summed E-state index contributed by atoms with van der Waals surface area (Å²) in [6.07, 6.45) is 6.78. The lowest BCUT2D eigenvalue weighted by atomic mass is 9.86. The van der Waals surface area contributed by atoms with E-state index in [1.807, 2.05) is 0 Å². The van der Waals surface area contributed by atoms with E-state index in [1.165, 1.54) is 0 Å². The van der Waals surface area contributed by atoms with Crippen LogP contribution in [0.1, 0.15) is 84.3 Å². The maximum Gasteiger partial charge on any atom is 0.309 e. The first kappa shape index (κ1) is 22.3. The number of unbranched alkanes of at least 4 members (excludes halogenated alkanes) is 2. The summed E-state index contributed by atoms with van der Waals surface area (Å²) in [5.41, 5.74) is 1.24. The van der Waals surface area contributed by atoms with Crippen LogP contribution in [0.4, 0.5) is 0 Å². The van der Waals surface area contributed by atoms with Crippen LogP contribution in [0, 0.1) is 10.8 Å². The number of carboxylic acids is 1. The van der Waals surface area contributed by atoms with Crippen molar-refractivity contribution < 1.29 is 20.1 Å². The number of hydrogen-bond donors (Lipinski definition) is 3. The van der Waals surface area contributed by atoms with Crippen LogP contribution in [0.15, 0.2) is 12.1 Å². The van der Waals surface area contributed by atoms with Gasteiger partial charge in [-0.3, -0.25) is 4.79 Å². The summed E-state index contributed by atoms with van der Waals surface area (Å²) in [4.78, 5) is 11.2. The molecule has 0 unspecified atom stereocenters. The Kier molecular flexibility index (Phi) is 7.98. The maximum atomic E-state index is 11.2. The third-order valence-corrected chi connectivity index (χ3v) is 5.04. The Hall–Kier alpha value is -1.71. The van der Waals surface area contributed by atoms with Gasteiger partial charge in [0.25, 0.3) is 0 Å². The van der Waals surface area contributed by atoms with Crippen molar-refractivity contribution in [2.24, 2.45) is 10.8 Å². The Morgan fingerprint density at radius 2 is 1.23 bits per heavy atom. The molecule has 26 heavy (non-hydrogen) atoms. The van der Waals surface area contributed by atoms with Crippen molar-refractivity contribution in [2.45, 2.75) is 86.0 Å². The van der Waals surface area contributed by atoms with E-state index < -0.39 is 11.4 Å². The molecular weight excluding hydrogens is 328 g/mol. The second-order valence-corrected chi connectivity index (χ2v) is 9.22. The lowest BCUT2D eigenvalue weighted by Gasteiger charge is -2.19. The molecule has 1 aromatic rings. The molecule has 0 aliphatic heterocycles. The van der Waals surface area contributed by atoms with E-state index in [0.29, 0.717) is 18.3 Å². The Labute approximate surface area is 158 Å². The van der Waals surface area contributed by atoms with Crippen LogP contribution in [0.3, 0.4) is 0 Å². The number of aliphatic carboxylic acids is 1. The quantitative estimate of drug-likeness (QED) is 0.369. The topological polar surface area (TPSA) is 77.8 Å². The van der Waals surface area contributed by atoms with Gasteiger partial charge >= 0.3 is 5.97 Å². The minimum absolute atomic E-state index is 0.228. The highest BCUT2D eigenvalue weighted by molar-refractivity contribution is 5.73. The van der Waals surface area contributed by atoms with E-state index in [4.69, 9.17) is 0 Å². The van der Waals surface area contributed by atoms with E-state index in [9.17, 15) is 20.1 Å². The highest BCUT2D eigenvalue weighted by Crippen LogP contribution is 2.33. The third kappa shape index (κ3) is 7.27. The van der Waals surface area contributed by atoms with Gasteiger partial charge in [0.05, 0.1) is 5.41 Å². The second-order valence-electron chi connectivity index (χ2n) is 9.22. The Balaban J connectivity index is 2.66. The Bertz CT molecular complexity index is 597. The number of aromatic hydroxyl groups is 2. The normalized spacial score (nSPS) is 12.3. The standard InChI is InChI=1S/C22H36O4/c1-21(2,3)14-8-6-10-16-17(19(24)13-12-18(16)23)11-7-9-15-22(4,5)20(25)26/h12-13,23-24H,6-11,14-15H2,1-5H3,(H,25,26). The zero-order valence-corrected chi connectivity index (χ0v) is 17.1. The predicted molar refractivity (Wildman–Crippen MR) is 106 cm³/mol. The molecule has 0 aliphatic carbocycles. The molecule has 0 fully saturated rings. The molecule has 0 heterocycles. The van der Waals surface area contributed by atoms with Crippen LogP contribution < -0.4 is 0 Å². The molecule has 0 aliphatic rings. The lowest BCUT2D eigenvalue weighted by Crippen LogP contribution is -2.23. The zero-order chi connectivity index (χ0) is 20.0. The van der Waals surface area contributed by atoms with Crippen LogP contribution >= 0.6 is 0 Å². The van der Waals surface area contributed by atoms with E-state index in [-0.39, 0.29) is 11.5 Å². The Morgan fingerprint density at radius 3 is 1.62 bits per heavy atom. The van der Waals surface area contributed by atoms with E-state index in [0.717, 1.165) is 49.7 Å². The van der Waals surface area contributed by atoms with Gasteiger partial charge in [-0.2, -0.15) is 0 Å². The van der Waals surface area contributed by atoms with Gasteiger partial charge in [-0.1, -0.05) is 33.6 Å². The average Bonchev–Trinajstić information content (AvgIpc) is 2.51. The van der Waals surface area contributed by atoms with E-state index in [1.54, 1.807) is 26.0 Å². The first-order valence-electron chi connectivity index (χ1n) is 9.70. The maximum absolute atomic E-state index is 11.2. The molecule has 0 radical (unpaired) electrons. The van der Waals surface area contributed by atoms with Gasteiger partial charge < -0.3 is 15.3 Å². The van der Waals surface area contributed by atoms with E-state index in [2.05, 4.69) is 20.8 Å². The average molecular weight is 365 g/mol. The summed E-state index contributed by atoms with van der Waals surface area (Å²) >= 11 is 0. The van der Waals surface area contributed by atoms with Crippen molar-refractivity contribution in [1.82, 2.24) is 0 Å². The number of carboxylic acid groups (broad SMARTS) is 1. The number of benzene rings is 1. The van der Waals surface area contributed by atoms with Crippen LogP contribution in [-0.4, -0.2) is 21.3 Å². The van der Waals surface area contributed by atoms with Gasteiger partial charge in [-0.05, 0) is 69.9 Å². The van der Waals surface area contributed by atoms with Crippen LogP contribution in [0.5, 0.6) is 11.5 Å². The number of phenols is 2. The van der Waals surface area contributed by atoms with Crippen molar-refractivity contribution in [2.75, 3.05) is 0 Å². The molecule has 0 saturated carbocycles. The van der Waals surface area contributed by atoms with Crippen molar-refractivity contribution in [3.63, 3.8) is 0 Å². The first-order valence-corrected chi connectivity index (χ1v) is 9.70. The van der Waals surface area contributed by atoms with Crippen molar-refractivity contribution in [3.05, 3.63) is 23.3 Å². The number of carbonyl (C=O) groups is 1. The van der Waals surface area contributed by atoms with Gasteiger partial charge in [0.15, 0.2) is 0 Å². The molecule has 3 N–H and O–H groups in total. The molecule has 0 atom stereocenters. The predicted octanol–water partition coefficient (Wildman–Crippen LogP) is 5.68. The Morgan fingerprint density at radius 1 is 0.808 bits per heavy atom. The first-order chi connectivity index (χ1) is 11.9. The zero-order valence-electron chi connectivity index (χ0n) is 17.1. The lowest BCUT2D eigenvalue weighted by molar-refractivity contribution is -0.147. The molecule has 0 amide bonds. The fraction of sp³-hybridized carbons (Fsp3) is 0.682. The van der Waals surface area contributed by atoms with Crippen molar-refractivity contribution >= 4 is 5.97 Å². The summed E-state index contributed by atoms with van der Waals surface area (Å²) < 4.78 is 0. The van der Waals surface area contributed by atoms with Crippen LogP contribution in [0.25, 0.3) is 0 Å². The van der Waals surface area contributed by atoms with E-state index >= 15 is 0 Å². The molecule has 0 aromatic heterocycles. The molecule has 4 heteroatoms. The third-order valence-electron chi connectivity index (χ3n) is 5.04.